The molecule has 8 heteroatoms. The van der Waals surface area contributed by atoms with Crippen LogP contribution in [-0.2, 0) is 5.79 Å². The number of hydrogen-bond donors (Lipinski definition) is 3. The lowest BCUT2D eigenvalue weighted by Gasteiger charge is -2.30. The van der Waals surface area contributed by atoms with Gasteiger partial charge in [-0.3, -0.25) is 5.73 Å². The van der Waals surface area contributed by atoms with Gasteiger partial charge in [0.1, 0.15) is 11.6 Å². The second-order valence-electron chi connectivity index (χ2n) is 3.82. The average molecular weight is 272 g/mol. The van der Waals surface area contributed by atoms with E-state index in [2.05, 4.69) is 15.0 Å². The molecular weight excluding hydrogens is 261 g/mol. The maximum atomic E-state index is 12.3. The summed E-state index contributed by atoms with van der Waals surface area (Å²) < 4.78 is 40.9. The molecule has 0 fully saturated rings. The molecule has 1 aliphatic heterocycles. The Morgan fingerprint density at radius 2 is 1.95 bits per heavy atom. The maximum Gasteiger partial charge on any atom is 0.573 e. The molecule has 19 heavy (non-hydrogen) atoms. The number of alkyl halides is 3. The van der Waals surface area contributed by atoms with Gasteiger partial charge in [0.05, 0.1) is 5.56 Å². The van der Waals surface area contributed by atoms with Crippen molar-refractivity contribution in [1.82, 2.24) is 5.32 Å². The van der Waals surface area contributed by atoms with Crippen LogP contribution in [0, 0.1) is 0 Å². The largest absolute Gasteiger partial charge is 0.573 e. The third kappa shape index (κ3) is 2.97. The van der Waals surface area contributed by atoms with Crippen molar-refractivity contribution >= 4 is 5.84 Å². The standard InChI is InChI=1S/C11H11F3N4O/c12-11(13,14)19-8-4-2-1-3-7(8)10(16)17-6-5-9(15)18-10/h1-6,17H,16H2,(H2,15,18). The Kier molecular flexibility index (Phi) is 3.11. The highest BCUT2D eigenvalue weighted by Crippen LogP contribution is 2.32. The van der Waals surface area contributed by atoms with Gasteiger partial charge in [0.25, 0.3) is 0 Å². The minimum Gasteiger partial charge on any atom is -0.405 e. The van der Waals surface area contributed by atoms with E-state index in [-0.39, 0.29) is 11.4 Å². The monoisotopic (exact) mass is 272 g/mol. The van der Waals surface area contributed by atoms with Crippen molar-refractivity contribution in [3.05, 3.63) is 42.1 Å². The number of ether oxygens (including phenoxy) is 1. The summed E-state index contributed by atoms with van der Waals surface area (Å²) in [5.74, 6) is -1.93. The molecule has 0 amide bonds. The second kappa shape index (κ2) is 4.47. The molecule has 1 unspecified atom stereocenters. The van der Waals surface area contributed by atoms with Crippen molar-refractivity contribution in [3.63, 3.8) is 0 Å². The Hall–Kier alpha value is -2.22. The van der Waals surface area contributed by atoms with Crippen LogP contribution in [0.4, 0.5) is 13.2 Å². The topological polar surface area (TPSA) is 85.7 Å². The SMILES string of the molecule is NC1=NC(N)(c2ccccc2OC(F)(F)F)NC=C1. The van der Waals surface area contributed by atoms with Crippen molar-refractivity contribution in [1.29, 1.82) is 0 Å². The number of rotatable bonds is 2. The number of nitrogens with one attached hydrogen (secondary N) is 1. The van der Waals surface area contributed by atoms with Gasteiger partial charge in [-0.15, -0.1) is 13.2 Å². The van der Waals surface area contributed by atoms with E-state index >= 15 is 0 Å². The minimum atomic E-state index is -4.81. The molecule has 0 aliphatic carbocycles. The molecule has 1 aliphatic rings. The molecular formula is C11H11F3N4O. The number of aliphatic imine (C=N–C) groups is 1. The molecule has 1 atom stereocenters. The van der Waals surface area contributed by atoms with E-state index in [0.29, 0.717) is 0 Å². The maximum absolute atomic E-state index is 12.3. The highest BCUT2D eigenvalue weighted by atomic mass is 19.4. The van der Waals surface area contributed by atoms with E-state index in [0.717, 1.165) is 6.07 Å². The van der Waals surface area contributed by atoms with Gasteiger partial charge in [0, 0.05) is 6.20 Å². The normalized spacial score (nSPS) is 22.6. The highest BCUT2D eigenvalue weighted by Gasteiger charge is 2.36. The van der Waals surface area contributed by atoms with Gasteiger partial charge in [-0.1, -0.05) is 12.1 Å². The van der Waals surface area contributed by atoms with Crippen molar-refractivity contribution in [2.75, 3.05) is 0 Å². The zero-order valence-electron chi connectivity index (χ0n) is 9.61. The van der Waals surface area contributed by atoms with Gasteiger partial charge in [-0.2, -0.15) is 0 Å². The van der Waals surface area contributed by atoms with Crippen LogP contribution >= 0.6 is 0 Å². The molecule has 0 bridgehead atoms. The number of nitrogens with zero attached hydrogens (tertiary/aromatic N) is 1. The Morgan fingerprint density at radius 3 is 2.58 bits per heavy atom. The van der Waals surface area contributed by atoms with Crippen LogP contribution in [-0.4, -0.2) is 12.2 Å². The number of amidine groups is 1. The van der Waals surface area contributed by atoms with Crippen LogP contribution in [0.1, 0.15) is 5.56 Å². The predicted molar refractivity (Wildman–Crippen MR) is 62.9 cm³/mol. The number of hydrogen-bond acceptors (Lipinski definition) is 5. The number of halogens is 3. The van der Waals surface area contributed by atoms with Gasteiger partial charge in [-0.05, 0) is 18.2 Å². The summed E-state index contributed by atoms with van der Waals surface area (Å²) in [5, 5.41) is 2.65. The molecule has 0 saturated carbocycles. The smallest absolute Gasteiger partial charge is 0.405 e. The zero-order valence-corrected chi connectivity index (χ0v) is 9.61. The first-order valence-electron chi connectivity index (χ1n) is 5.24. The molecule has 1 heterocycles. The molecule has 1 aromatic rings. The summed E-state index contributed by atoms with van der Waals surface area (Å²) in [7, 11) is 0. The fraction of sp³-hybridized carbons (Fsp3) is 0.182. The summed E-state index contributed by atoms with van der Waals surface area (Å²) in [6.45, 7) is 0. The summed E-state index contributed by atoms with van der Waals surface area (Å²) in [4.78, 5) is 3.90. The highest BCUT2D eigenvalue weighted by molar-refractivity contribution is 5.92. The summed E-state index contributed by atoms with van der Waals surface area (Å²) in [6, 6.07) is 5.46. The first kappa shape index (κ1) is 13.2. The molecule has 102 valence electrons. The van der Waals surface area contributed by atoms with E-state index < -0.39 is 17.9 Å². The zero-order chi connectivity index (χ0) is 14.1. The van der Waals surface area contributed by atoms with Crippen molar-refractivity contribution in [3.8, 4) is 5.75 Å². The van der Waals surface area contributed by atoms with E-state index in [1.54, 1.807) is 0 Å². The van der Waals surface area contributed by atoms with Crippen molar-refractivity contribution in [2.24, 2.45) is 16.5 Å². The van der Waals surface area contributed by atoms with Gasteiger partial charge < -0.3 is 15.8 Å². The number of para-hydroxylation sites is 1. The Morgan fingerprint density at radius 1 is 1.26 bits per heavy atom. The quantitative estimate of drug-likeness (QED) is 0.753. The summed E-state index contributed by atoms with van der Waals surface area (Å²) in [6.07, 6.45) is -1.96. The molecule has 0 spiro atoms. The minimum absolute atomic E-state index is 0.0274. The Bertz CT molecular complexity index is 541. The van der Waals surface area contributed by atoms with Crippen LogP contribution in [0.15, 0.2) is 41.5 Å². The van der Waals surface area contributed by atoms with E-state index in [1.165, 1.54) is 30.5 Å². The van der Waals surface area contributed by atoms with E-state index in [1.807, 2.05) is 0 Å². The lowest BCUT2D eigenvalue weighted by Crippen LogP contribution is -2.49. The first-order valence-corrected chi connectivity index (χ1v) is 5.24. The summed E-state index contributed by atoms with van der Waals surface area (Å²) in [5.41, 5.74) is 11.4. The van der Waals surface area contributed by atoms with Crippen LogP contribution < -0.4 is 21.5 Å². The summed E-state index contributed by atoms with van der Waals surface area (Å²) >= 11 is 0. The van der Waals surface area contributed by atoms with E-state index in [9.17, 15) is 13.2 Å². The van der Waals surface area contributed by atoms with Gasteiger partial charge >= 0.3 is 6.36 Å². The molecule has 5 N–H and O–H groups in total. The van der Waals surface area contributed by atoms with Crippen LogP contribution in [0.25, 0.3) is 0 Å². The lowest BCUT2D eigenvalue weighted by atomic mass is 10.1. The van der Waals surface area contributed by atoms with Crippen LogP contribution in [0.5, 0.6) is 5.75 Å². The first-order chi connectivity index (χ1) is 8.80. The molecule has 0 aromatic heterocycles. The third-order valence-electron chi connectivity index (χ3n) is 2.39. The number of nitrogens with two attached hydrogens (primary N) is 2. The fourth-order valence-corrected chi connectivity index (χ4v) is 1.66. The molecule has 5 nitrogen and oxygen atoms in total. The lowest BCUT2D eigenvalue weighted by molar-refractivity contribution is -0.275. The van der Waals surface area contributed by atoms with Crippen molar-refractivity contribution < 1.29 is 17.9 Å². The fourth-order valence-electron chi connectivity index (χ4n) is 1.66. The Balaban J connectivity index is 2.43. The van der Waals surface area contributed by atoms with Gasteiger partial charge in [0.15, 0.2) is 0 Å². The van der Waals surface area contributed by atoms with Crippen molar-refractivity contribution in [2.45, 2.75) is 12.1 Å². The second-order valence-corrected chi connectivity index (χ2v) is 3.82. The van der Waals surface area contributed by atoms with Crippen LogP contribution in [0.3, 0.4) is 0 Å². The molecule has 0 radical (unpaired) electrons. The molecule has 1 aromatic carbocycles. The van der Waals surface area contributed by atoms with E-state index in [4.69, 9.17) is 11.5 Å². The number of benzene rings is 1. The molecule has 2 rings (SSSR count). The van der Waals surface area contributed by atoms with Gasteiger partial charge in [-0.25, -0.2) is 4.99 Å². The van der Waals surface area contributed by atoms with Crippen LogP contribution in [0.2, 0.25) is 0 Å². The third-order valence-corrected chi connectivity index (χ3v) is 2.39. The predicted octanol–water partition coefficient (Wildman–Crippen LogP) is 1.13. The Labute approximate surface area is 106 Å². The average Bonchev–Trinajstić information content (AvgIpc) is 2.27. The molecule has 0 saturated heterocycles. The van der Waals surface area contributed by atoms with Gasteiger partial charge in [0.2, 0.25) is 5.79 Å².